The molecule has 1 atom stereocenters. The molecule has 4 heteroatoms. The predicted molar refractivity (Wildman–Crippen MR) is 87.6 cm³/mol. The molecule has 0 fully saturated rings. The van der Waals surface area contributed by atoms with Gasteiger partial charge in [-0.3, -0.25) is 0 Å². The van der Waals surface area contributed by atoms with E-state index in [2.05, 4.69) is 27.9 Å². The maximum absolute atomic E-state index is 13.2. The summed E-state index contributed by atoms with van der Waals surface area (Å²) in [7, 11) is 1.90. The van der Waals surface area contributed by atoms with Gasteiger partial charge in [0.25, 0.3) is 0 Å². The molecule has 0 aliphatic rings. The molecule has 0 heterocycles. The molecule has 0 aromatic heterocycles. The lowest BCUT2D eigenvalue weighted by Gasteiger charge is -2.19. The van der Waals surface area contributed by atoms with Gasteiger partial charge in [0.1, 0.15) is 11.6 Å². The van der Waals surface area contributed by atoms with Crippen molar-refractivity contribution in [3.05, 3.63) is 63.0 Å². The first-order valence-corrected chi connectivity index (χ1v) is 7.58. The zero-order valence-corrected chi connectivity index (χ0v) is 13.6. The summed E-state index contributed by atoms with van der Waals surface area (Å²) in [6, 6.07) is 12.9. The number of halogens is 2. The van der Waals surface area contributed by atoms with Crippen LogP contribution in [0, 0.1) is 9.39 Å². The summed E-state index contributed by atoms with van der Waals surface area (Å²) < 4.78 is 19.6. The molecule has 2 aromatic carbocycles. The first kappa shape index (κ1) is 15.3. The molecule has 0 amide bonds. The van der Waals surface area contributed by atoms with E-state index in [1.165, 1.54) is 6.07 Å². The van der Waals surface area contributed by atoms with Crippen LogP contribution in [0.1, 0.15) is 24.1 Å². The van der Waals surface area contributed by atoms with Crippen LogP contribution in [0.25, 0.3) is 0 Å². The Balaban J connectivity index is 2.31. The number of benzene rings is 2. The largest absolute Gasteiger partial charge is 0.494 e. The number of nitrogens with one attached hydrogen (secondary N) is 1. The third-order valence-corrected chi connectivity index (χ3v) is 4.02. The third-order valence-electron chi connectivity index (χ3n) is 3.09. The summed E-state index contributed by atoms with van der Waals surface area (Å²) in [4.78, 5) is 0. The first-order valence-electron chi connectivity index (χ1n) is 6.50. The highest BCUT2D eigenvalue weighted by Crippen LogP contribution is 2.27. The number of ether oxygens (including phenoxy) is 1. The van der Waals surface area contributed by atoms with Crippen molar-refractivity contribution < 1.29 is 9.13 Å². The average Bonchev–Trinajstić information content (AvgIpc) is 2.44. The van der Waals surface area contributed by atoms with E-state index >= 15 is 0 Å². The number of hydrogen-bond acceptors (Lipinski definition) is 2. The maximum atomic E-state index is 13.2. The molecular weight excluding hydrogens is 368 g/mol. The first-order chi connectivity index (χ1) is 9.65. The minimum absolute atomic E-state index is 0.0400. The fourth-order valence-electron chi connectivity index (χ4n) is 2.16. The van der Waals surface area contributed by atoms with Crippen LogP contribution < -0.4 is 10.1 Å². The molecule has 0 radical (unpaired) electrons. The van der Waals surface area contributed by atoms with Crippen molar-refractivity contribution in [2.24, 2.45) is 0 Å². The Bertz CT molecular complexity index is 571. The quantitative estimate of drug-likeness (QED) is 0.782. The summed E-state index contributed by atoms with van der Waals surface area (Å²) in [5.41, 5.74) is 2.19. The van der Waals surface area contributed by atoms with E-state index in [4.69, 9.17) is 4.74 Å². The lowest BCUT2D eigenvalue weighted by atomic mass is 9.99. The lowest BCUT2D eigenvalue weighted by Crippen LogP contribution is -2.18. The molecule has 2 aromatic rings. The van der Waals surface area contributed by atoms with Crippen LogP contribution in [-0.4, -0.2) is 13.7 Å². The highest BCUT2D eigenvalue weighted by atomic mass is 127. The van der Waals surface area contributed by atoms with Crippen LogP contribution in [0.3, 0.4) is 0 Å². The smallest absolute Gasteiger partial charge is 0.124 e. The molecule has 0 saturated carbocycles. The molecule has 0 saturated heterocycles. The van der Waals surface area contributed by atoms with Crippen LogP contribution in [0.4, 0.5) is 4.39 Å². The van der Waals surface area contributed by atoms with Crippen molar-refractivity contribution in [2.45, 2.75) is 13.0 Å². The normalized spacial score (nSPS) is 12.2. The Hall–Kier alpha value is -1.14. The van der Waals surface area contributed by atoms with Gasteiger partial charge in [0.2, 0.25) is 0 Å². The Morgan fingerprint density at radius 1 is 1.20 bits per heavy atom. The summed E-state index contributed by atoms with van der Waals surface area (Å²) in [6.45, 7) is 2.62. The Morgan fingerprint density at radius 3 is 2.45 bits per heavy atom. The van der Waals surface area contributed by atoms with Crippen LogP contribution in [0.2, 0.25) is 0 Å². The second-order valence-corrected chi connectivity index (χ2v) is 5.55. The maximum Gasteiger partial charge on any atom is 0.124 e. The second kappa shape index (κ2) is 7.04. The zero-order valence-electron chi connectivity index (χ0n) is 11.5. The third kappa shape index (κ3) is 3.49. The molecule has 0 aliphatic carbocycles. The Morgan fingerprint density at radius 2 is 1.90 bits per heavy atom. The van der Waals surface area contributed by atoms with E-state index < -0.39 is 0 Å². The van der Waals surface area contributed by atoms with E-state index in [0.717, 1.165) is 20.4 Å². The molecule has 2 nitrogen and oxygen atoms in total. The van der Waals surface area contributed by atoms with Gasteiger partial charge in [-0.1, -0.05) is 18.2 Å². The van der Waals surface area contributed by atoms with E-state index in [1.54, 1.807) is 6.07 Å². The number of hydrogen-bond donors (Lipinski definition) is 1. The van der Waals surface area contributed by atoms with Gasteiger partial charge in [0.05, 0.1) is 12.6 Å². The van der Waals surface area contributed by atoms with Crippen molar-refractivity contribution in [2.75, 3.05) is 13.7 Å². The standard InChI is InChI=1S/C16H17FINO/c1-3-20-13-7-4-11(5-8-13)16(19-2)14-9-6-12(17)10-15(14)18/h4-10,16,19H,3H2,1-2H3. The van der Waals surface area contributed by atoms with Gasteiger partial charge in [-0.2, -0.15) is 0 Å². The second-order valence-electron chi connectivity index (χ2n) is 4.39. The van der Waals surface area contributed by atoms with Crippen LogP contribution in [0.15, 0.2) is 42.5 Å². The van der Waals surface area contributed by atoms with Crippen molar-refractivity contribution in [3.63, 3.8) is 0 Å². The van der Waals surface area contributed by atoms with Gasteiger partial charge >= 0.3 is 0 Å². The molecule has 0 spiro atoms. The summed E-state index contributed by atoms with van der Waals surface area (Å²) in [6.07, 6.45) is 0. The SMILES string of the molecule is CCOc1ccc(C(NC)c2ccc(F)cc2I)cc1. The fraction of sp³-hybridized carbons (Fsp3) is 0.250. The highest BCUT2D eigenvalue weighted by Gasteiger charge is 2.15. The van der Waals surface area contributed by atoms with Gasteiger partial charge < -0.3 is 10.1 Å². The lowest BCUT2D eigenvalue weighted by molar-refractivity contribution is 0.340. The van der Waals surface area contributed by atoms with Crippen molar-refractivity contribution in [1.29, 1.82) is 0 Å². The zero-order chi connectivity index (χ0) is 14.5. The van der Waals surface area contributed by atoms with Crippen molar-refractivity contribution >= 4 is 22.6 Å². The summed E-state index contributed by atoms with van der Waals surface area (Å²) in [5, 5.41) is 3.28. The van der Waals surface area contributed by atoms with Crippen molar-refractivity contribution in [1.82, 2.24) is 5.32 Å². The van der Waals surface area contributed by atoms with E-state index in [9.17, 15) is 4.39 Å². The molecule has 0 bridgehead atoms. The highest BCUT2D eigenvalue weighted by molar-refractivity contribution is 14.1. The fourth-order valence-corrected chi connectivity index (χ4v) is 2.95. The van der Waals surface area contributed by atoms with Gasteiger partial charge in [0.15, 0.2) is 0 Å². The molecule has 2 rings (SSSR count). The Labute approximate surface area is 132 Å². The minimum Gasteiger partial charge on any atom is -0.494 e. The van der Waals surface area contributed by atoms with E-state index in [0.29, 0.717) is 6.61 Å². The van der Waals surface area contributed by atoms with Gasteiger partial charge in [-0.05, 0) is 72.0 Å². The molecule has 20 heavy (non-hydrogen) atoms. The van der Waals surface area contributed by atoms with Gasteiger partial charge in [0, 0.05) is 3.57 Å². The van der Waals surface area contributed by atoms with Crippen LogP contribution in [-0.2, 0) is 0 Å². The molecule has 0 aliphatic heterocycles. The summed E-state index contributed by atoms with van der Waals surface area (Å²) >= 11 is 2.17. The molecule has 1 unspecified atom stereocenters. The van der Waals surface area contributed by atoms with Crippen LogP contribution in [0.5, 0.6) is 5.75 Å². The molecular formula is C16H17FINO. The van der Waals surface area contributed by atoms with Crippen molar-refractivity contribution in [3.8, 4) is 5.75 Å². The minimum atomic E-state index is -0.209. The van der Waals surface area contributed by atoms with Crippen LogP contribution >= 0.6 is 22.6 Å². The van der Waals surface area contributed by atoms with Gasteiger partial charge in [-0.25, -0.2) is 4.39 Å². The predicted octanol–water partition coefficient (Wildman–Crippen LogP) is 4.14. The monoisotopic (exact) mass is 385 g/mol. The molecule has 1 N–H and O–H groups in total. The molecule has 106 valence electrons. The average molecular weight is 385 g/mol. The summed E-state index contributed by atoms with van der Waals surface area (Å²) in [5.74, 6) is 0.652. The van der Waals surface area contributed by atoms with E-state index in [1.807, 2.05) is 44.3 Å². The Kier molecular flexibility index (Phi) is 5.37. The van der Waals surface area contributed by atoms with E-state index in [-0.39, 0.29) is 11.9 Å². The number of rotatable bonds is 5. The van der Waals surface area contributed by atoms with Gasteiger partial charge in [-0.15, -0.1) is 0 Å². The topological polar surface area (TPSA) is 21.3 Å².